The van der Waals surface area contributed by atoms with Crippen molar-refractivity contribution in [1.82, 2.24) is 4.98 Å². The predicted molar refractivity (Wildman–Crippen MR) is 78.5 cm³/mol. The van der Waals surface area contributed by atoms with Crippen LogP contribution in [0.4, 0.5) is 0 Å². The molecule has 92 valence electrons. The molecular weight excluding hydrogens is 333 g/mol. The van der Waals surface area contributed by atoms with Crippen molar-refractivity contribution in [1.29, 1.82) is 0 Å². The summed E-state index contributed by atoms with van der Waals surface area (Å²) in [7, 11) is 0. The van der Waals surface area contributed by atoms with E-state index in [1.807, 2.05) is 24.3 Å². The van der Waals surface area contributed by atoms with E-state index in [0.29, 0.717) is 0 Å². The van der Waals surface area contributed by atoms with Gasteiger partial charge in [0.2, 0.25) is 0 Å². The fourth-order valence-corrected chi connectivity index (χ4v) is 3.28. The highest BCUT2D eigenvalue weighted by molar-refractivity contribution is 9.10. The van der Waals surface area contributed by atoms with Crippen molar-refractivity contribution in [2.24, 2.45) is 0 Å². The molecule has 1 aliphatic rings. The highest BCUT2D eigenvalue weighted by Crippen LogP contribution is 2.37. The maximum Gasteiger partial charge on any atom is 0.106 e. The quantitative estimate of drug-likeness (QED) is 0.489. The molecule has 4 heteroatoms. The lowest BCUT2D eigenvalue weighted by Crippen LogP contribution is -2.00. The van der Waals surface area contributed by atoms with Crippen LogP contribution < -0.4 is 0 Å². The second-order valence-electron chi connectivity index (χ2n) is 4.38. The predicted octanol–water partition coefficient (Wildman–Crippen LogP) is 4.92. The molecule has 1 heterocycles. The molecule has 18 heavy (non-hydrogen) atoms. The van der Waals surface area contributed by atoms with Crippen molar-refractivity contribution in [3.8, 4) is 0 Å². The van der Waals surface area contributed by atoms with Crippen LogP contribution in [-0.2, 0) is 12.8 Å². The van der Waals surface area contributed by atoms with Gasteiger partial charge in [-0.05, 0) is 63.7 Å². The Kier molecular flexibility index (Phi) is 3.35. The number of pyridine rings is 1. The Labute approximate surface area is 124 Å². The number of halogens is 3. The van der Waals surface area contributed by atoms with Gasteiger partial charge in [-0.25, -0.2) is 4.98 Å². The summed E-state index contributed by atoms with van der Waals surface area (Å²) in [5.74, 6) is 0. The van der Waals surface area contributed by atoms with E-state index in [1.54, 1.807) is 0 Å². The summed E-state index contributed by atoms with van der Waals surface area (Å²) in [6.07, 6.45) is 1.90. The first-order valence-corrected chi connectivity index (χ1v) is 7.33. The molecule has 1 aliphatic carbocycles. The third-order valence-electron chi connectivity index (χ3n) is 3.26. The summed E-state index contributed by atoms with van der Waals surface area (Å²) in [6.45, 7) is 0. The average Bonchev–Trinajstić information content (AvgIpc) is 2.48. The topological polar surface area (TPSA) is 12.9 Å². The zero-order valence-electron chi connectivity index (χ0n) is 9.46. The zero-order valence-corrected chi connectivity index (χ0v) is 12.6. The van der Waals surface area contributed by atoms with Crippen molar-refractivity contribution < 1.29 is 0 Å². The maximum atomic E-state index is 6.58. The van der Waals surface area contributed by atoms with Crippen molar-refractivity contribution in [2.75, 3.05) is 0 Å². The number of aromatic nitrogens is 1. The van der Waals surface area contributed by atoms with Gasteiger partial charge >= 0.3 is 0 Å². The van der Waals surface area contributed by atoms with E-state index in [2.05, 4.69) is 27.0 Å². The normalized spacial score (nSPS) is 17.8. The van der Waals surface area contributed by atoms with Crippen LogP contribution in [-0.4, -0.2) is 4.98 Å². The molecule has 1 aromatic carbocycles. The van der Waals surface area contributed by atoms with Crippen LogP contribution in [0.15, 0.2) is 34.9 Å². The number of hydrogen-bond donors (Lipinski definition) is 0. The number of alkyl halides is 1. The molecule has 0 saturated heterocycles. The molecule has 1 unspecified atom stereocenters. The van der Waals surface area contributed by atoms with Crippen LogP contribution in [0.2, 0.25) is 5.02 Å². The molecule has 0 radical (unpaired) electrons. The summed E-state index contributed by atoms with van der Waals surface area (Å²) >= 11 is 16.0. The van der Waals surface area contributed by atoms with Gasteiger partial charge in [-0.3, -0.25) is 0 Å². The van der Waals surface area contributed by atoms with Crippen LogP contribution in [0.3, 0.4) is 0 Å². The molecule has 1 aromatic heterocycles. The molecular formula is C14H10BrCl2N. The van der Waals surface area contributed by atoms with Crippen molar-refractivity contribution in [3.63, 3.8) is 0 Å². The van der Waals surface area contributed by atoms with Crippen molar-refractivity contribution >= 4 is 39.1 Å². The van der Waals surface area contributed by atoms with Gasteiger partial charge in [0.05, 0.1) is 5.69 Å². The standard InChI is InChI=1S/C14H10BrCl2N/c15-12-6-3-8-1-2-9-7-10(16)4-5-11(9)13(17)14(8)18-12/h3-7,13H,1-2H2. The highest BCUT2D eigenvalue weighted by Gasteiger charge is 2.23. The SMILES string of the molecule is Clc1ccc2c(c1)CCc1ccc(Br)nc1C2Cl. The molecule has 0 bridgehead atoms. The van der Waals surface area contributed by atoms with Crippen LogP contribution in [0, 0.1) is 0 Å². The van der Waals surface area contributed by atoms with Gasteiger partial charge in [0.25, 0.3) is 0 Å². The lowest BCUT2D eigenvalue weighted by molar-refractivity contribution is 0.945. The minimum Gasteiger partial charge on any atom is -0.244 e. The minimum absolute atomic E-state index is 0.202. The number of nitrogens with zero attached hydrogens (tertiary/aromatic N) is 1. The molecule has 1 nitrogen and oxygen atoms in total. The summed E-state index contributed by atoms with van der Waals surface area (Å²) in [5.41, 5.74) is 4.50. The third kappa shape index (κ3) is 2.18. The molecule has 1 atom stereocenters. The second kappa shape index (κ2) is 4.84. The van der Waals surface area contributed by atoms with E-state index >= 15 is 0 Å². The van der Waals surface area contributed by atoms with E-state index < -0.39 is 0 Å². The lowest BCUT2D eigenvalue weighted by atomic mass is 10.0. The summed E-state index contributed by atoms with van der Waals surface area (Å²) in [4.78, 5) is 4.53. The molecule has 2 aromatic rings. The first kappa shape index (κ1) is 12.5. The van der Waals surface area contributed by atoms with Gasteiger partial charge in [-0.2, -0.15) is 0 Å². The van der Waals surface area contributed by atoms with E-state index in [-0.39, 0.29) is 5.38 Å². The Hall–Kier alpha value is -0.570. The Morgan fingerprint density at radius 2 is 1.89 bits per heavy atom. The Balaban J connectivity index is 2.17. The van der Waals surface area contributed by atoms with Crippen LogP contribution in [0.5, 0.6) is 0 Å². The third-order valence-corrected chi connectivity index (χ3v) is 4.38. The molecule has 0 fully saturated rings. The number of aryl methyl sites for hydroxylation is 2. The second-order valence-corrected chi connectivity index (χ2v) is 6.07. The van der Waals surface area contributed by atoms with Gasteiger partial charge in [-0.1, -0.05) is 23.7 Å². The van der Waals surface area contributed by atoms with E-state index in [0.717, 1.165) is 33.7 Å². The lowest BCUT2D eigenvalue weighted by Gasteiger charge is -2.12. The van der Waals surface area contributed by atoms with Gasteiger partial charge in [0.15, 0.2) is 0 Å². The molecule has 0 N–H and O–H groups in total. The van der Waals surface area contributed by atoms with Gasteiger partial charge in [0, 0.05) is 5.02 Å². The van der Waals surface area contributed by atoms with Gasteiger partial charge in [-0.15, -0.1) is 11.6 Å². The first-order valence-electron chi connectivity index (χ1n) is 5.73. The van der Waals surface area contributed by atoms with Crippen molar-refractivity contribution in [2.45, 2.75) is 18.2 Å². The Morgan fingerprint density at radius 1 is 1.11 bits per heavy atom. The largest absolute Gasteiger partial charge is 0.244 e. The average molecular weight is 343 g/mol. The van der Waals surface area contributed by atoms with Crippen LogP contribution >= 0.6 is 39.1 Å². The smallest absolute Gasteiger partial charge is 0.106 e. The summed E-state index contributed by atoms with van der Waals surface area (Å²) in [6, 6.07) is 9.96. The molecule has 0 aliphatic heterocycles. The fraction of sp³-hybridized carbons (Fsp3) is 0.214. The summed E-state index contributed by atoms with van der Waals surface area (Å²) in [5, 5.41) is 0.560. The Morgan fingerprint density at radius 3 is 2.72 bits per heavy atom. The Bertz CT molecular complexity index is 613. The minimum atomic E-state index is -0.202. The summed E-state index contributed by atoms with van der Waals surface area (Å²) < 4.78 is 0.823. The van der Waals surface area contributed by atoms with E-state index in [9.17, 15) is 0 Å². The fourth-order valence-electron chi connectivity index (χ4n) is 2.36. The van der Waals surface area contributed by atoms with E-state index in [1.165, 1.54) is 11.1 Å². The molecule has 0 amide bonds. The first-order chi connectivity index (χ1) is 8.65. The highest BCUT2D eigenvalue weighted by atomic mass is 79.9. The van der Waals surface area contributed by atoms with Crippen LogP contribution in [0.1, 0.15) is 27.8 Å². The van der Waals surface area contributed by atoms with Crippen molar-refractivity contribution in [3.05, 3.63) is 62.3 Å². The van der Waals surface area contributed by atoms with E-state index in [4.69, 9.17) is 23.2 Å². The van der Waals surface area contributed by atoms with Crippen LogP contribution in [0.25, 0.3) is 0 Å². The van der Waals surface area contributed by atoms with Gasteiger partial charge < -0.3 is 0 Å². The number of fused-ring (bicyclic) bond motifs is 2. The number of benzene rings is 1. The molecule has 3 rings (SSSR count). The monoisotopic (exact) mass is 341 g/mol. The van der Waals surface area contributed by atoms with Gasteiger partial charge in [0.1, 0.15) is 9.98 Å². The molecule has 0 saturated carbocycles. The maximum absolute atomic E-state index is 6.58. The number of rotatable bonds is 0. The number of hydrogen-bond acceptors (Lipinski definition) is 1. The zero-order chi connectivity index (χ0) is 12.7. The molecule has 0 spiro atoms.